The lowest BCUT2D eigenvalue weighted by molar-refractivity contribution is -0.140. The Labute approximate surface area is 87.9 Å². The maximum Gasteiger partial charge on any atom is 0.407 e. The summed E-state index contributed by atoms with van der Waals surface area (Å²) < 4.78 is 9.10. The number of amides is 1. The van der Waals surface area contributed by atoms with E-state index in [4.69, 9.17) is 0 Å². The highest BCUT2D eigenvalue weighted by Crippen LogP contribution is 1.87. The van der Waals surface area contributed by atoms with E-state index in [9.17, 15) is 14.7 Å². The van der Waals surface area contributed by atoms with Crippen LogP contribution >= 0.6 is 0 Å². The molecule has 0 radical (unpaired) electrons. The van der Waals surface area contributed by atoms with E-state index >= 15 is 0 Å². The Morgan fingerprint density at radius 1 is 1.53 bits per heavy atom. The molecule has 1 atom stereocenters. The van der Waals surface area contributed by atoms with Gasteiger partial charge >= 0.3 is 12.1 Å². The summed E-state index contributed by atoms with van der Waals surface area (Å²) in [5, 5.41) is 11.5. The molecule has 6 nitrogen and oxygen atoms in total. The third-order valence-corrected chi connectivity index (χ3v) is 1.34. The van der Waals surface area contributed by atoms with Gasteiger partial charge in [0, 0.05) is 6.08 Å². The van der Waals surface area contributed by atoms with Crippen LogP contribution in [0, 0.1) is 0 Å². The molecule has 0 aromatic heterocycles. The van der Waals surface area contributed by atoms with Gasteiger partial charge in [-0.05, 0) is 6.92 Å². The molecule has 0 aromatic carbocycles. The molecule has 1 amide bonds. The van der Waals surface area contributed by atoms with E-state index in [1.807, 2.05) is 0 Å². The molecule has 0 spiro atoms. The maximum atomic E-state index is 10.8. The molecule has 0 fully saturated rings. The average molecular weight is 217 g/mol. The number of hydrogen-bond donors (Lipinski definition) is 2. The lowest BCUT2D eigenvalue weighted by atomic mass is 10.4. The molecule has 6 heteroatoms. The van der Waals surface area contributed by atoms with Crippen molar-refractivity contribution in [1.82, 2.24) is 5.32 Å². The molecule has 0 bridgehead atoms. The summed E-state index contributed by atoms with van der Waals surface area (Å²) in [5.74, 6) is -0.620. The number of aliphatic hydroxyl groups is 1. The Morgan fingerprint density at radius 3 is 2.73 bits per heavy atom. The van der Waals surface area contributed by atoms with E-state index in [1.54, 1.807) is 6.92 Å². The number of esters is 1. The van der Waals surface area contributed by atoms with Gasteiger partial charge in [-0.2, -0.15) is 0 Å². The largest absolute Gasteiger partial charge is 0.460 e. The van der Waals surface area contributed by atoms with Crippen molar-refractivity contribution in [2.75, 3.05) is 19.8 Å². The molecule has 1 unspecified atom stereocenters. The first-order valence-electron chi connectivity index (χ1n) is 4.48. The summed E-state index contributed by atoms with van der Waals surface area (Å²) in [6.45, 7) is 4.88. The Morgan fingerprint density at radius 2 is 2.20 bits per heavy atom. The van der Waals surface area contributed by atoms with Crippen LogP contribution in [-0.4, -0.2) is 43.0 Å². The van der Waals surface area contributed by atoms with Crippen LogP contribution in [0.5, 0.6) is 0 Å². The second-order valence-corrected chi connectivity index (χ2v) is 2.59. The first-order valence-corrected chi connectivity index (χ1v) is 4.48. The molecule has 0 aliphatic heterocycles. The number of ether oxygens (including phenoxy) is 2. The minimum atomic E-state index is -0.960. The van der Waals surface area contributed by atoms with Crippen molar-refractivity contribution in [2.45, 2.75) is 13.0 Å². The fourth-order valence-electron chi connectivity index (χ4n) is 0.679. The Bertz CT molecular complexity index is 229. The molecule has 0 aliphatic rings. The van der Waals surface area contributed by atoms with Crippen LogP contribution in [0.1, 0.15) is 6.92 Å². The highest BCUT2D eigenvalue weighted by molar-refractivity contribution is 5.81. The summed E-state index contributed by atoms with van der Waals surface area (Å²) >= 11 is 0. The summed E-state index contributed by atoms with van der Waals surface area (Å²) in [6.07, 6.45) is -0.587. The van der Waals surface area contributed by atoms with Crippen LogP contribution in [0.15, 0.2) is 12.7 Å². The number of carbonyl (C=O) groups excluding carboxylic acids is 2. The summed E-state index contributed by atoms with van der Waals surface area (Å²) in [5.41, 5.74) is 0. The summed E-state index contributed by atoms with van der Waals surface area (Å²) in [4.78, 5) is 21.4. The normalized spacial score (nSPS) is 11.3. The van der Waals surface area contributed by atoms with Crippen LogP contribution in [0.25, 0.3) is 0 Å². The minimum absolute atomic E-state index is 0.0384. The van der Waals surface area contributed by atoms with E-state index in [1.165, 1.54) is 0 Å². The van der Waals surface area contributed by atoms with Gasteiger partial charge in [0.1, 0.15) is 12.7 Å². The lowest BCUT2D eigenvalue weighted by Crippen LogP contribution is -2.35. The maximum absolute atomic E-state index is 10.8. The molecule has 0 saturated heterocycles. The van der Waals surface area contributed by atoms with Gasteiger partial charge in [0.2, 0.25) is 0 Å². The van der Waals surface area contributed by atoms with Gasteiger partial charge in [-0.3, -0.25) is 0 Å². The van der Waals surface area contributed by atoms with Gasteiger partial charge in [0.15, 0.2) is 0 Å². The van der Waals surface area contributed by atoms with E-state index in [2.05, 4.69) is 21.4 Å². The Kier molecular flexibility index (Phi) is 7.00. The fraction of sp³-hybridized carbons (Fsp3) is 0.556. The van der Waals surface area contributed by atoms with Crippen LogP contribution < -0.4 is 5.32 Å². The zero-order valence-electron chi connectivity index (χ0n) is 8.56. The molecule has 0 saturated carbocycles. The predicted octanol–water partition coefficient (Wildman–Crippen LogP) is -0.177. The van der Waals surface area contributed by atoms with Crippen molar-refractivity contribution in [2.24, 2.45) is 0 Å². The second-order valence-electron chi connectivity index (χ2n) is 2.59. The fourth-order valence-corrected chi connectivity index (χ4v) is 0.679. The van der Waals surface area contributed by atoms with E-state index in [-0.39, 0.29) is 19.8 Å². The predicted molar refractivity (Wildman–Crippen MR) is 52.2 cm³/mol. The second kappa shape index (κ2) is 7.81. The number of rotatable bonds is 6. The standard InChI is InChI=1S/C9H15NO5/c1-3-8(12)15-6-7(11)5-10-9(13)14-4-2/h3,7,11H,1,4-6H2,2H3,(H,10,13). The zero-order valence-corrected chi connectivity index (χ0v) is 8.56. The molecule has 0 heterocycles. The quantitative estimate of drug-likeness (QED) is 0.476. The van der Waals surface area contributed by atoms with Crippen LogP contribution in [-0.2, 0) is 14.3 Å². The van der Waals surface area contributed by atoms with Crippen molar-refractivity contribution in [1.29, 1.82) is 0 Å². The molecule has 15 heavy (non-hydrogen) atoms. The smallest absolute Gasteiger partial charge is 0.407 e. The topological polar surface area (TPSA) is 84.9 Å². The van der Waals surface area contributed by atoms with Gasteiger partial charge in [0.05, 0.1) is 13.2 Å². The first-order chi connectivity index (χ1) is 7.10. The molecule has 0 aliphatic carbocycles. The minimum Gasteiger partial charge on any atom is -0.460 e. The molecule has 2 N–H and O–H groups in total. The SMILES string of the molecule is C=CC(=O)OCC(O)CNC(=O)OCC. The van der Waals surface area contributed by atoms with Crippen molar-refractivity contribution in [3.05, 3.63) is 12.7 Å². The van der Waals surface area contributed by atoms with Gasteiger partial charge in [-0.1, -0.05) is 6.58 Å². The van der Waals surface area contributed by atoms with Crippen molar-refractivity contribution in [3.8, 4) is 0 Å². The van der Waals surface area contributed by atoms with Gasteiger partial charge < -0.3 is 19.9 Å². The number of hydrogen-bond acceptors (Lipinski definition) is 5. The lowest BCUT2D eigenvalue weighted by Gasteiger charge is -2.11. The average Bonchev–Trinajstić information content (AvgIpc) is 2.23. The van der Waals surface area contributed by atoms with E-state index in [0.717, 1.165) is 6.08 Å². The third-order valence-electron chi connectivity index (χ3n) is 1.34. The zero-order chi connectivity index (χ0) is 11.7. The molecular weight excluding hydrogens is 202 g/mol. The van der Waals surface area contributed by atoms with Crippen molar-refractivity contribution < 1.29 is 24.2 Å². The van der Waals surface area contributed by atoms with Crippen molar-refractivity contribution in [3.63, 3.8) is 0 Å². The van der Waals surface area contributed by atoms with E-state index in [0.29, 0.717) is 0 Å². The third kappa shape index (κ3) is 7.51. The first kappa shape index (κ1) is 13.4. The highest BCUT2D eigenvalue weighted by atomic mass is 16.6. The van der Waals surface area contributed by atoms with Gasteiger partial charge in [0.25, 0.3) is 0 Å². The van der Waals surface area contributed by atoms with Gasteiger partial charge in [-0.25, -0.2) is 9.59 Å². The molecule has 0 aromatic rings. The van der Waals surface area contributed by atoms with Crippen molar-refractivity contribution >= 4 is 12.1 Å². The number of carbonyl (C=O) groups is 2. The molecular formula is C9H15NO5. The summed E-state index contributed by atoms with van der Waals surface area (Å²) in [7, 11) is 0. The van der Waals surface area contributed by atoms with Crippen LogP contribution in [0.3, 0.4) is 0 Å². The highest BCUT2D eigenvalue weighted by Gasteiger charge is 2.08. The van der Waals surface area contributed by atoms with Crippen LogP contribution in [0.4, 0.5) is 4.79 Å². The molecule has 86 valence electrons. The van der Waals surface area contributed by atoms with Gasteiger partial charge in [-0.15, -0.1) is 0 Å². The molecule has 0 rings (SSSR count). The number of alkyl carbamates (subject to hydrolysis) is 1. The number of nitrogens with one attached hydrogen (secondary N) is 1. The Hall–Kier alpha value is -1.56. The Balaban J connectivity index is 3.56. The summed E-state index contributed by atoms with van der Waals surface area (Å²) in [6, 6.07) is 0. The van der Waals surface area contributed by atoms with Crippen LogP contribution in [0.2, 0.25) is 0 Å². The van der Waals surface area contributed by atoms with E-state index < -0.39 is 18.2 Å². The number of aliphatic hydroxyl groups excluding tert-OH is 1. The monoisotopic (exact) mass is 217 g/mol.